The predicted molar refractivity (Wildman–Crippen MR) is 125 cm³/mol. The highest BCUT2D eigenvalue weighted by molar-refractivity contribution is 7.92. The molecular weight excluding hydrogens is 446 g/mol. The summed E-state index contributed by atoms with van der Waals surface area (Å²) in [5.41, 5.74) is 1.06. The molecule has 0 aliphatic carbocycles. The third-order valence-corrected chi connectivity index (χ3v) is 6.06. The van der Waals surface area contributed by atoms with Gasteiger partial charge in [-0.15, -0.1) is 0 Å². The standard InChI is InChI=1S/C22H23N5O5S.H2/c1-4-13-32-22-25-20-21(27(22)19-16(30-2)11-8-12-17(19)31-3)24-18(14-23-20)26-33(28,29)15-9-6-5-7-10-15;/h5-12,14H,4,13H2,1-3H3,(H,24,26);1H. The van der Waals surface area contributed by atoms with Crippen molar-refractivity contribution in [3.8, 4) is 23.2 Å². The van der Waals surface area contributed by atoms with E-state index in [0.29, 0.717) is 23.8 Å². The maximum absolute atomic E-state index is 12.8. The Bertz CT molecular complexity index is 1360. The minimum Gasteiger partial charge on any atom is -0.494 e. The van der Waals surface area contributed by atoms with E-state index in [0.717, 1.165) is 6.42 Å². The quantitative estimate of drug-likeness (QED) is 0.393. The first kappa shape index (κ1) is 22.3. The second kappa shape index (κ2) is 9.33. The van der Waals surface area contributed by atoms with Gasteiger partial charge < -0.3 is 14.2 Å². The van der Waals surface area contributed by atoms with Crippen LogP contribution in [0.5, 0.6) is 17.5 Å². The van der Waals surface area contributed by atoms with Crippen LogP contribution in [0.3, 0.4) is 0 Å². The molecule has 0 amide bonds. The monoisotopic (exact) mass is 471 g/mol. The van der Waals surface area contributed by atoms with Gasteiger partial charge >= 0.3 is 6.01 Å². The summed E-state index contributed by atoms with van der Waals surface area (Å²) in [6.07, 6.45) is 2.07. The lowest BCUT2D eigenvalue weighted by Crippen LogP contribution is -2.14. The van der Waals surface area contributed by atoms with Crippen LogP contribution in [-0.2, 0) is 10.0 Å². The van der Waals surface area contributed by atoms with Crippen LogP contribution in [0.1, 0.15) is 14.8 Å². The SMILES string of the molecule is CCCOc1nc2ncc(NS(=O)(=O)c3ccccc3)nc2n1-c1c(OC)cccc1OC.[HH]. The van der Waals surface area contributed by atoms with Gasteiger partial charge in [0.1, 0.15) is 17.2 Å². The van der Waals surface area contributed by atoms with Crippen molar-refractivity contribution in [3.05, 3.63) is 54.7 Å². The molecule has 1 N–H and O–H groups in total. The van der Waals surface area contributed by atoms with Crippen LogP contribution in [-0.4, -0.2) is 48.8 Å². The molecule has 2 heterocycles. The van der Waals surface area contributed by atoms with E-state index in [1.54, 1.807) is 41.0 Å². The lowest BCUT2D eigenvalue weighted by molar-refractivity contribution is 0.287. The van der Waals surface area contributed by atoms with Crippen molar-refractivity contribution >= 4 is 27.1 Å². The Labute approximate surface area is 192 Å². The van der Waals surface area contributed by atoms with Crippen molar-refractivity contribution in [1.82, 2.24) is 19.5 Å². The van der Waals surface area contributed by atoms with Crippen molar-refractivity contribution in [1.29, 1.82) is 0 Å². The molecular formula is C22H25N5O5S. The van der Waals surface area contributed by atoms with Gasteiger partial charge in [-0.2, -0.15) is 4.98 Å². The number of fused-ring (bicyclic) bond motifs is 1. The average molecular weight is 472 g/mol. The zero-order chi connectivity index (χ0) is 23.4. The summed E-state index contributed by atoms with van der Waals surface area (Å²) in [5.74, 6) is 1.02. The average Bonchev–Trinajstić information content (AvgIpc) is 3.19. The Morgan fingerprint density at radius 3 is 2.33 bits per heavy atom. The highest BCUT2D eigenvalue weighted by Crippen LogP contribution is 2.37. The number of sulfonamides is 1. The molecule has 4 rings (SSSR count). The molecule has 10 nitrogen and oxygen atoms in total. The van der Waals surface area contributed by atoms with Gasteiger partial charge in [0.05, 0.1) is 31.9 Å². The molecule has 0 aliphatic rings. The molecule has 0 radical (unpaired) electrons. The van der Waals surface area contributed by atoms with Crippen molar-refractivity contribution in [2.24, 2.45) is 0 Å². The van der Waals surface area contributed by atoms with Gasteiger partial charge in [-0.1, -0.05) is 31.2 Å². The number of ether oxygens (including phenoxy) is 3. The fourth-order valence-electron chi connectivity index (χ4n) is 3.22. The van der Waals surface area contributed by atoms with E-state index in [-0.39, 0.29) is 29.4 Å². The smallest absolute Gasteiger partial charge is 0.305 e. The predicted octanol–water partition coefficient (Wildman–Crippen LogP) is 3.67. The van der Waals surface area contributed by atoms with Crippen molar-refractivity contribution in [2.75, 3.05) is 25.5 Å². The highest BCUT2D eigenvalue weighted by atomic mass is 32.2. The second-order valence-corrected chi connectivity index (χ2v) is 8.59. The molecule has 2 aromatic heterocycles. The Balaban J connectivity index is 0.00000324. The maximum Gasteiger partial charge on any atom is 0.305 e. The Kier molecular flexibility index (Phi) is 6.31. The molecule has 2 aromatic carbocycles. The number of nitrogens with one attached hydrogen (secondary N) is 1. The number of anilines is 1. The number of benzene rings is 2. The van der Waals surface area contributed by atoms with E-state index in [1.165, 1.54) is 32.5 Å². The third-order valence-electron chi connectivity index (χ3n) is 4.69. The molecule has 0 bridgehead atoms. The zero-order valence-corrected chi connectivity index (χ0v) is 19.2. The summed E-state index contributed by atoms with van der Waals surface area (Å²) in [7, 11) is -0.782. The molecule has 0 atom stereocenters. The first-order valence-corrected chi connectivity index (χ1v) is 11.6. The lowest BCUT2D eigenvalue weighted by atomic mass is 10.2. The molecule has 4 aromatic rings. The molecule has 0 fully saturated rings. The number of imidazole rings is 1. The van der Waals surface area contributed by atoms with Gasteiger partial charge in [0.2, 0.25) is 5.65 Å². The third kappa shape index (κ3) is 4.40. The summed E-state index contributed by atoms with van der Waals surface area (Å²) in [5, 5.41) is 0. The summed E-state index contributed by atoms with van der Waals surface area (Å²) in [4.78, 5) is 13.4. The number of hydrogen-bond donors (Lipinski definition) is 1. The molecule has 0 saturated carbocycles. The minimum atomic E-state index is -3.86. The van der Waals surface area contributed by atoms with Gasteiger partial charge in [0.15, 0.2) is 11.5 Å². The molecule has 0 aliphatic heterocycles. The van der Waals surface area contributed by atoms with Gasteiger partial charge in [0, 0.05) is 1.43 Å². The maximum atomic E-state index is 12.8. The van der Waals surface area contributed by atoms with Crippen LogP contribution in [0, 0.1) is 0 Å². The number of para-hydroxylation sites is 1. The normalized spacial score (nSPS) is 11.4. The summed E-state index contributed by atoms with van der Waals surface area (Å²) in [6.45, 7) is 2.39. The number of aromatic nitrogens is 4. The van der Waals surface area contributed by atoms with E-state index in [4.69, 9.17) is 14.2 Å². The Morgan fingerprint density at radius 1 is 1.00 bits per heavy atom. The lowest BCUT2D eigenvalue weighted by Gasteiger charge is -2.16. The zero-order valence-electron chi connectivity index (χ0n) is 18.3. The van der Waals surface area contributed by atoms with Crippen LogP contribution in [0.15, 0.2) is 59.6 Å². The van der Waals surface area contributed by atoms with Crippen molar-refractivity contribution in [2.45, 2.75) is 18.2 Å². The summed E-state index contributed by atoms with van der Waals surface area (Å²) >= 11 is 0. The van der Waals surface area contributed by atoms with E-state index in [9.17, 15) is 8.42 Å². The molecule has 0 saturated heterocycles. The van der Waals surface area contributed by atoms with Crippen LogP contribution < -0.4 is 18.9 Å². The Morgan fingerprint density at radius 2 is 1.70 bits per heavy atom. The van der Waals surface area contributed by atoms with E-state index < -0.39 is 10.0 Å². The van der Waals surface area contributed by atoms with E-state index in [2.05, 4.69) is 19.7 Å². The highest BCUT2D eigenvalue weighted by Gasteiger charge is 2.24. The molecule has 0 spiro atoms. The Hall–Kier alpha value is -3.86. The fourth-order valence-corrected chi connectivity index (χ4v) is 4.23. The number of rotatable bonds is 9. The summed E-state index contributed by atoms with van der Waals surface area (Å²) < 4.78 is 46.6. The molecule has 0 unspecified atom stereocenters. The van der Waals surface area contributed by atoms with E-state index >= 15 is 0 Å². The van der Waals surface area contributed by atoms with Crippen molar-refractivity contribution in [3.63, 3.8) is 0 Å². The molecule has 33 heavy (non-hydrogen) atoms. The van der Waals surface area contributed by atoms with Crippen LogP contribution in [0.25, 0.3) is 17.0 Å². The first-order chi connectivity index (χ1) is 16.0. The minimum absolute atomic E-state index is 0. The van der Waals surface area contributed by atoms with Gasteiger partial charge in [-0.05, 0) is 30.7 Å². The molecule has 11 heteroatoms. The van der Waals surface area contributed by atoms with E-state index in [1.807, 2.05) is 6.92 Å². The summed E-state index contributed by atoms with van der Waals surface area (Å²) in [6, 6.07) is 13.6. The van der Waals surface area contributed by atoms with Crippen LogP contribution in [0.2, 0.25) is 0 Å². The van der Waals surface area contributed by atoms with Gasteiger partial charge in [-0.3, -0.25) is 4.72 Å². The van der Waals surface area contributed by atoms with Crippen LogP contribution >= 0.6 is 0 Å². The largest absolute Gasteiger partial charge is 0.494 e. The van der Waals surface area contributed by atoms with Gasteiger partial charge in [-0.25, -0.2) is 23.0 Å². The van der Waals surface area contributed by atoms with Crippen molar-refractivity contribution < 1.29 is 24.1 Å². The topological polar surface area (TPSA) is 117 Å². The van der Waals surface area contributed by atoms with Crippen LogP contribution in [0.4, 0.5) is 5.82 Å². The number of nitrogens with zero attached hydrogens (tertiary/aromatic N) is 4. The number of hydrogen-bond acceptors (Lipinski definition) is 8. The second-order valence-electron chi connectivity index (χ2n) is 6.91. The van der Waals surface area contributed by atoms with Gasteiger partial charge in [0.25, 0.3) is 10.0 Å². The first-order valence-electron chi connectivity index (χ1n) is 10.2. The molecule has 174 valence electrons. The number of methoxy groups -OCH3 is 2. The fraction of sp³-hybridized carbons (Fsp3) is 0.227.